The summed E-state index contributed by atoms with van der Waals surface area (Å²) < 4.78 is 30.2. The largest absolute Gasteiger partial charge is 0.444 e. The van der Waals surface area contributed by atoms with E-state index in [0.717, 1.165) is 5.56 Å². The van der Waals surface area contributed by atoms with Gasteiger partial charge in [0.15, 0.2) is 0 Å². The van der Waals surface area contributed by atoms with E-state index in [2.05, 4.69) is 4.98 Å². The van der Waals surface area contributed by atoms with Crippen LogP contribution >= 0.6 is 0 Å². The van der Waals surface area contributed by atoms with Crippen molar-refractivity contribution in [3.63, 3.8) is 0 Å². The standard InChI is InChI=1S/C17H21N3O4S/c1-25(22,23)20-9-5-8-19(10-11-20)16(21)12-15-13-24-17(18-15)14-6-3-2-4-7-14/h2-4,6-7,13H,5,8-12H2,1H3. The van der Waals surface area contributed by atoms with Crippen molar-refractivity contribution in [2.24, 2.45) is 0 Å². The molecule has 0 atom stereocenters. The van der Waals surface area contributed by atoms with Gasteiger partial charge < -0.3 is 9.32 Å². The Hall–Kier alpha value is -2.19. The lowest BCUT2D eigenvalue weighted by Crippen LogP contribution is -2.37. The van der Waals surface area contributed by atoms with Gasteiger partial charge in [0.05, 0.1) is 18.4 Å². The number of oxazole rings is 1. The first-order chi connectivity index (χ1) is 11.9. The quantitative estimate of drug-likeness (QED) is 0.819. The number of hydrogen-bond donors (Lipinski definition) is 0. The highest BCUT2D eigenvalue weighted by Crippen LogP contribution is 2.18. The maximum absolute atomic E-state index is 12.5. The molecule has 0 N–H and O–H groups in total. The molecule has 3 rings (SSSR count). The molecule has 1 amide bonds. The number of nitrogens with zero attached hydrogens (tertiary/aromatic N) is 3. The van der Waals surface area contributed by atoms with Crippen molar-refractivity contribution >= 4 is 15.9 Å². The smallest absolute Gasteiger partial charge is 0.228 e. The van der Waals surface area contributed by atoms with E-state index in [-0.39, 0.29) is 12.3 Å². The van der Waals surface area contributed by atoms with Gasteiger partial charge >= 0.3 is 0 Å². The molecule has 25 heavy (non-hydrogen) atoms. The van der Waals surface area contributed by atoms with Crippen LogP contribution < -0.4 is 0 Å². The van der Waals surface area contributed by atoms with Gasteiger partial charge in [0.2, 0.25) is 21.8 Å². The molecule has 0 radical (unpaired) electrons. The highest BCUT2D eigenvalue weighted by Gasteiger charge is 2.24. The van der Waals surface area contributed by atoms with Gasteiger partial charge in [-0.1, -0.05) is 18.2 Å². The number of hydrogen-bond acceptors (Lipinski definition) is 5. The maximum atomic E-state index is 12.5. The van der Waals surface area contributed by atoms with E-state index in [9.17, 15) is 13.2 Å². The van der Waals surface area contributed by atoms with E-state index >= 15 is 0 Å². The van der Waals surface area contributed by atoms with E-state index in [0.29, 0.717) is 44.2 Å². The van der Waals surface area contributed by atoms with Crippen LogP contribution in [0.4, 0.5) is 0 Å². The Labute approximate surface area is 147 Å². The Morgan fingerprint density at radius 2 is 1.92 bits per heavy atom. The molecule has 0 spiro atoms. The molecule has 7 nitrogen and oxygen atoms in total. The Kier molecular flexibility index (Phi) is 5.19. The van der Waals surface area contributed by atoms with Gasteiger partial charge in [-0.3, -0.25) is 4.79 Å². The van der Waals surface area contributed by atoms with Crippen molar-refractivity contribution in [1.29, 1.82) is 0 Å². The van der Waals surface area contributed by atoms with Crippen LogP contribution in [0.3, 0.4) is 0 Å². The van der Waals surface area contributed by atoms with Crippen molar-refractivity contribution in [2.45, 2.75) is 12.8 Å². The monoisotopic (exact) mass is 363 g/mol. The second-order valence-electron chi connectivity index (χ2n) is 6.08. The van der Waals surface area contributed by atoms with Crippen molar-refractivity contribution in [3.8, 4) is 11.5 Å². The third-order valence-electron chi connectivity index (χ3n) is 4.18. The lowest BCUT2D eigenvalue weighted by molar-refractivity contribution is -0.130. The molecule has 1 aromatic carbocycles. The van der Waals surface area contributed by atoms with Crippen LogP contribution in [0.2, 0.25) is 0 Å². The molecular weight excluding hydrogens is 342 g/mol. The summed E-state index contributed by atoms with van der Waals surface area (Å²) in [4.78, 5) is 18.6. The molecule has 0 saturated carbocycles. The summed E-state index contributed by atoms with van der Waals surface area (Å²) >= 11 is 0. The molecule has 2 heterocycles. The Bertz CT molecular complexity index is 833. The molecule has 0 aliphatic carbocycles. The molecule has 1 saturated heterocycles. The van der Waals surface area contributed by atoms with E-state index in [1.807, 2.05) is 30.3 Å². The first-order valence-corrected chi connectivity index (χ1v) is 10.0. The van der Waals surface area contributed by atoms with E-state index in [1.54, 1.807) is 4.90 Å². The second-order valence-corrected chi connectivity index (χ2v) is 8.07. The molecule has 2 aromatic rings. The fourth-order valence-electron chi connectivity index (χ4n) is 2.84. The molecule has 0 bridgehead atoms. The predicted octanol–water partition coefficient (Wildman–Crippen LogP) is 1.38. The third-order valence-corrected chi connectivity index (χ3v) is 5.48. The molecule has 0 unspecified atom stereocenters. The first-order valence-electron chi connectivity index (χ1n) is 8.16. The number of carbonyl (C=O) groups is 1. The lowest BCUT2D eigenvalue weighted by atomic mass is 10.2. The van der Waals surface area contributed by atoms with E-state index in [1.165, 1.54) is 16.8 Å². The minimum absolute atomic E-state index is 0.0664. The zero-order valence-electron chi connectivity index (χ0n) is 14.1. The number of carbonyl (C=O) groups excluding carboxylic acids is 1. The lowest BCUT2D eigenvalue weighted by Gasteiger charge is -2.20. The molecular formula is C17H21N3O4S. The molecule has 1 aromatic heterocycles. The van der Waals surface area contributed by atoms with Crippen LogP contribution in [0.1, 0.15) is 12.1 Å². The van der Waals surface area contributed by atoms with Gasteiger partial charge in [0.1, 0.15) is 6.26 Å². The van der Waals surface area contributed by atoms with Crippen molar-refractivity contribution in [3.05, 3.63) is 42.3 Å². The summed E-state index contributed by atoms with van der Waals surface area (Å²) in [7, 11) is -3.22. The fraction of sp³-hybridized carbons (Fsp3) is 0.412. The fourth-order valence-corrected chi connectivity index (χ4v) is 3.72. The van der Waals surface area contributed by atoms with Gasteiger partial charge in [-0.25, -0.2) is 17.7 Å². The topological polar surface area (TPSA) is 83.7 Å². The SMILES string of the molecule is CS(=O)(=O)N1CCCN(C(=O)Cc2coc(-c3ccccc3)n2)CC1. The van der Waals surface area contributed by atoms with Crippen LogP contribution in [0.5, 0.6) is 0 Å². The van der Waals surface area contributed by atoms with Gasteiger partial charge in [-0.05, 0) is 18.6 Å². The summed E-state index contributed by atoms with van der Waals surface area (Å²) in [5.41, 5.74) is 1.44. The zero-order chi connectivity index (χ0) is 17.9. The van der Waals surface area contributed by atoms with Crippen LogP contribution in [-0.2, 0) is 21.2 Å². The second kappa shape index (κ2) is 7.37. The van der Waals surface area contributed by atoms with Crippen molar-refractivity contribution in [1.82, 2.24) is 14.2 Å². The third kappa shape index (κ3) is 4.46. The van der Waals surface area contributed by atoms with E-state index in [4.69, 9.17) is 4.42 Å². The molecule has 134 valence electrons. The van der Waals surface area contributed by atoms with Crippen LogP contribution in [0.25, 0.3) is 11.5 Å². The summed E-state index contributed by atoms with van der Waals surface area (Å²) in [6.45, 7) is 1.73. The molecule has 1 aliphatic heterocycles. The number of rotatable bonds is 4. The minimum Gasteiger partial charge on any atom is -0.444 e. The normalized spacial score (nSPS) is 16.6. The first kappa shape index (κ1) is 17.6. The molecule has 8 heteroatoms. The van der Waals surface area contributed by atoms with Gasteiger partial charge in [0, 0.05) is 31.7 Å². The number of benzene rings is 1. The van der Waals surface area contributed by atoms with Crippen molar-refractivity contribution in [2.75, 3.05) is 32.4 Å². The van der Waals surface area contributed by atoms with Crippen molar-refractivity contribution < 1.29 is 17.6 Å². The van der Waals surface area contributed by atoms with Gasteiger partial charge in [-0.2, -0.15) is 0 Å². The average molecular weight is 363 g/mol. The van der Waals surface area contributed by atoms with Crippen LogP contribution in [0.15, 0.2) is 41.0 Å². The molecule has 1 fully saturated rings. The Morgan fingerprint density at radius 3 is 2.64 bits per heavy atom. The minimum atomic E-state index is -3.22. The van der Waals surface area contributed by atoms with Crippen LogP contribution in [0, 0.1) is 0 Å². The Balaban J connectivity index is 1.62. The summed E-state index contributed by atoms with van der Waals surface area (Å²) in [6, 6.07) is 9.50. The summed E-state index contributed by atoms with van der Waals surface area (Å²) in [5.74, 6) is 0.422. The van der Waals surface area contributed by atoms with Gasteiger partial charge in [-0.15, -0.1) is 0 Å². The maximum Gasteiger partial charge on any atom is 0.228 e. The number of sulfonamides is 1. The number of aromatic nitrogens is 1. The Morgan fingerprint density at radius 1 is 1.16 bits per heavy atom. The van der Waals surface area contributed by atoms with Crippen LogP contribution in [-0.4, -0.2) is 60.9 Å². The zero-order valence-corrected chi connectivity index (χ0v) is 14.9. The summed E-state index contributed by atoms with van der Waals surface area (Å²) in [6.07, 6.45) is 3.48. The highest BCUT2D eigenvalue weighted by atomic mass is 32.2. The van der Waals surface area contributed by atoms with Gasteiger partial charge in [0.25, 0.3) is 0 Å². The average Bonchev–Trinajstić information content (AvgIpc) is 2.89. The molecule has 1 aliphatic rings. The predicted molar refractivity (Wildman–Crippen MR) is 93.3 cm³/mol. The number of amides is 1. The highest BCUT2D eigenvalue weighted by molar-refractivity contribution is 7.88. The summed E-state index contributed by atoms with van der Waals surface area (Å²) in [5, 5.41) is 0. The van der Waals surface area contributed by atoms with E-state index < -0.39 is 10.0 Å².